The summed E-state index contributed by atoms with van der Waals surface area (Å²) in [5.41, 5.74) is 5.45. The third-order valence-electron chi connectivity index (χ3n) is 3.07. The number of esters is 1. The molecule has 0 spiro atoms. The van der Waals surface area contributed by atoms with Gasteiger partial charge in [0.2, 0.25) is 5.91 Å². The minimum Gasteiger partial charge on any atom is -0.467 e. The lowest BCUT2D eigenvalue weighted by molar-refractivity contribution is -0.145. The number of ketones is 1. The highest BCUT2D eigenvalue weighted by molar-refractivity contribution is 5.90. The quantitative estimate of drug-likeness (QED) is 0.679. The first-order valence-electron chi connectivity index (χ1n) is 6.29. The van der Waals surface area contributed by atoms with Gasteiger partial charge in [0, 0.05) is 6.42 Å². The Hall–Kier alpha value is -1.69. The second-order valence-electron chi connectivity index (χ2n) is 4.73. The molecule has 19 heavy (non-hydrogen) atoms. The maximum Gasteiger partial charge on any atom is 0.328 e. The van der Waals surface area contributed by atoms with E-state index in [4.69, 9.17) is 5.73 Å². The van der Waals surface area contributed by atoms with Crippen LogP contribution >= 0.6 is 0 Å². The van der Waals surface area contributed by atoms with E-state index < -0.39 is 24.0 Å². The standard InChI is InChI=1S/C13H20N2O4/c1-8(14)12(17)15-11(13(18)19-2)7-9-3-5-10(16)6-4-9/h3,5,8-9,11H,4,6-7,14H2,1-2H3,(H,15,17)/t8-,9+,11-/m0/s1. The fourth-order valence-corrected chi connectivity index (χ4v) is 1.91. The van der Waals surface area contributed by atoms with Crippen LogP contribution in [0, 0.1) is 5.92 Å². The molecule has 0 saturated heterocycles. The van der Waals surface area contributed by atoms with Crippen LogP contribution in [0.2, 0.25) is 0 Å². The van der Waals surface area contributed by atoms with Crippen molar-refractivity contribution in [2.24, 2.45) is 11.7 Å². The molecule has 0 aromatic carbocycles. The van der Waals surface area contributed by atoms with Crippen molar-refractivity contribution in [1.29, 1.82) is 0 Å². The number of hydrogen-bond donors (Lipinski definition) is 2. The molecule has 6 nitrogen and oxygen atoms in total. The SMILES string of the molecule is COC(=O)[C@H](C[C@@H]1C=CC(=O)CC1)NC(=O)[C@H](C)N. The number of ether oxygens (including phenoxy) is 1. The summed E-state index contributed by atoms with van der Waals surface area (Å²) in [6.45, 7) is 1.54. The number of hydrogen-bond acceptors (Lipinski definition) is 5. The van der Waals surface area contributed by atoms with E-state index in [1.807, 2.05) is 0 Å². The Morgan fingerprint density at radius 1 is 1.58 bits per heavy atom. The van der Waals surface area contributed by atoms with Gasteiger partial charge < -0.3 is 15.8 Å². The number of amides is 1. The predicted octanol–water partition coefficient (Wildman–Crippen LogP) is -0.0832. The lowest BCUT2D eigenvalue weighted by atomic mass is 9.89. The summed E-state index contributed by atoms with van der Waals surface area (Å²) in [6, 6.07) is -1.41. The normalized spacial score (nSPS) is 21.6. The molecule has 0 fully saturated rings. The highest BCUT2D eigenvalue weighted by Crippen LogP contribution is 2.20. The van der Waals surface area contributed by atoms with Crippen LogP contribution in [0.25, 0.3) is 0 Å². The van der Waals surface area contributed by atoms with Crippen molar-refractivity contribution in [3.05, 3.63) is 12.2 Å². The molecule has 1 amide bonds. The maximum atomic E-state index is 11.6. The van der Waals surface area contributed by atoms with E-state index in [0.717, 1.165) is 0 Å². The van der Waals surface area contributed by atoms with Gasteiger partial charge >= 0.3 is 5.97 Å². The summed E-state index contributed by atoms with van der Waals surface area (Å²) < 4.78 is 4.67. The molecule has 0 aliphatic heterocycles. The largest absolute Gasteiger partial charge is 0.467 e. The van der Waals surface area contributed by atoms with Crippen molar-refractivity contribution in [2.45, 2.75) is 38.3 Å². The van der Waals surface area contributed by atoms with E-state index in [2.05, 4.69) is 10.1 Å². The molecule has 0 aromatic heterocycles. The van der Waals surface area contributed by atoms with E-state index in [1.54, 1.807) is 13.0 Å². The smallest absolute Gasteiger partial charge is 0.328 e. The highest BCUT2D eigenvalue weighted by Gasteiger charge is 2.26. The highest BCUT2D eigenvalue weighted by atomic mass is 16.5. The predicted molar refractivity (Wildman–Crippen MR) is 69.1 cm³/mol. The van der Waals surface area contributed by atoms with Crippen LogP contribution in [0.1, 0.15) is 26.2 Å². The third kappa shape index (κ3) is 4.82. The molecular weight excluding hydrogens is 248 g/mol. The van der Waals surface area contributed by atoms with Crippen LogP contribution < -0.4 is 11.1 Å². The van der Waals surface area contributed by atoms with Crippen molar-refractivity contribution in [3.8, 4) is 0 Å². The number of nitrogens with one attached hydrogen (secondary N) is 1. The molecular formula is C13H20N2O4. The summed E-state index contributed by atoms with van der Waals surface area (Å²) in [4.78, 5) is 34.3. The second-order valence-corrected chi connectivity index (χ2v) is 4.73. The molecule has 3 N–H and O–H groups in total. The van der Waals surface area contributed by atoms with Crippen molar-refractivity contribution >= 4 is 17.7 Å². The lowest BCUT2D eigenvalue weighted by Gasteiger charge is -2.23. The van der Waals surface area contributed by atoms with Crippen molar-refractivity contribution in [3.63, 3.8) is 0 Å². The zero-order valence-corrected chi connectivity index (χ0v) is 11.2. The van der Waals surface area contributed by atoms with Crippen molar-refractivity contribution in [1.82, 2.24) is 5.32 Å². The van der Waals surface area contributed by atoms with Gasteiger partial charge in [-0.1, -0.05) is 6.08 Å². The average Bonchev–Trinajstić information content (AvgIpc) is 2.39. The average molecular weight is 268 g/mol. The molecule has 1 rings (SSSR count). The zero-order chi connectivity index (χ0) is 14.4. The minimum atomic E-state index is -0.730. The summed E-state index contributed by atoms with van der Waals surface area (Å²) in [6.07, 6.45) is 4.86. The van der Waals surface area contributed by atoms with E-state index in [-0.39, 0.29) is 11.7 Å². The Bertz CT molecular complexity index is 390. The Morgan fingerprint density at radius 2 is 2.26 bits per heavy atom. The van der Waals surface area contributed by atoms with Crippen LogP contribution in [0.15, 0.2) is 12.2 Å². The summed E-state index contributed by atoms with van der Waals surface area (Å²) in [5.74, 6) is -0.730. The van der Waals surface area contributed by atoms with Crippen LogP contribution in [0.4, 0.5) is 0 Å². The van der Waals surface area contributed by atoms with Crippen LogP contribution in [0.3, 0.4) is 0 Å². The van der Waals surface area contributed by atoms with Gasteiger partial charge in [-0.15, -0.1) is 0 Å². The fraction of sp³-hybridized carbons (Fsp3) is 0.615. The topological polar surface area (TPSA) is 98.5 Å². The first-order chi connectivity index (χ1) is 8.93. The van der Waals surface area contributed by atoms with Crippen molar-refractivity contribution < 1.29 is 19.1 Å². The first kappa shape index (κ1) is 15.4. The molecule has 0 heterocycles. The maximum absolute atomic E-state index is 11.6. The molecule has 1 aliphatic carbocycles. The van der Waals surface area contributed by atoms with Gasteiger partial charge in [0.1, 0.15) is 6.04 Å². The number of nitrogens with two attached hydrogens (primary N) is 1. The van der Waals surface area contributed by atoms with Gasteiger partial charge in [0.25, 0.3) is 0 Å². The van der Waals surface area contributed by atoms with Crippen LogP contribution in [-0.4, -0.2) is 36.9 Å². The van der Waals surface area contributed by atoms with Gasteiger partial charge in [0.15, 0.2) is 5.78 Å². The minimum absolute atomic E-state index is 0.0789. The monoisotopic (exact) mass is 268 g/mol. The number of methoxy groups -OCH3 is 1. The molecule has 6 heteroatoms. The zero-order valence-electron chi connectivity index (χ0n) is 11.2. The van der Waals surface area contributed by atoms with Crippen LogP contribution in [-0.2, 0) is 19.1 Å². The number of allylic oxidation sites excluding steroid dienone is 2. The third-order valence-corrected chi connectivity index (χ3v) is 3.07. The van der Waals surface area contributed by atoms with E-state index in [1.165, 1.54) is 13.2 Å². The number of rotatable bonds is 5. The van der Waals surface area contributed by atoms with Crippen molar-refractivity contribution in [2.75, 3.05) is 7.11 Å². The summed E-state index contributed by atoms with van der Waals surface area (Å²) >= 11 is 0. The lowest BCUT2D eigenvalue weighted by Crippen LogP contribution is -2.48. The summed E-state index contributed by atoms with van der Waals surface area (Å²) in [5, 5.41) is 2.57. The fourth-order valence-electron chi connectivity index (χ4n) is 1.91. The number of carbonyl (C=O) groups excluding carboxylic acids is 3. The van der Waals surface area contributed by atoms with E-state index in [9.17, 15) is 14.4 Å². The molecule has 3 atom stereocenters. The molecule has 0 bridgehead atoms. The summed E-state index contributed by atoms with van der Waals surface area (Å²) in [7, 11) is 1.27. The second kappa shape index (κ2) is 7.04. The molecule has 0 unspecified atom stereocenters. The molecule has 0 aromatic rings. The Morgan fingerprint density at radius 3 is 2.74 bits per heavy atom. The van der Waals surface area contributed by atoms with E-state index in [0.29, 0.717) is 19.3 Å². The van der Waals surface area contributed by atoms with Gasteiger partial charge in [-0.25, -0.2) is 4.79 Å². The Labute approximate surface area is 112 Å². The molecule has 0 saturated carbocycles. The van der Waals surface area contributed by atoms with Crippen LogP contribution in [0.5, 0.6) is 0 Å². The Kier molecular flexibility index (Phi) is 5.69. The van der Waals surface area contributed by atoms with Gasteiger partial charge in [-0.05, 0) is 31.8 Å². The number of carbonyl (C=O) groups is 3. The molecule has 106 valence electrons. The first-order valence-corrected chi connectivity index (χ1v) is 6.29. The van der Waals surface area contributed by atoms with E-state index >= 15 is 0 Å². The van der Waals surface area contributed by atoms with Gasteiger partial charge in [-0.2, -0.15) is 0 Å². The molecule has 0 radical (unpaired) electrons. The Balaban J connectivity index is 2.64. The van der Waals surface area contributed by atoms with Gasteiger partial charge in [0.05, 0.1) is 13.2 Å². The van der Waals surface area contributed by atoms with Gasteiger partial charge in [-0.3, -0.25) is 9.59 Å². The molecule has 1 aliphatic rings.